The van der Waals surface area contributed by atoms with Gasteiger partial charge in [0, 0.05) is 45.8 Å². The summed E-state index contributed by atoms with van der Waals surface area (Å²) < 4.78 is 12.4. The molecule has 0 saturated carbocycles. The van der Waals surface area contributed by atoms with Gasteiger partial charge in [-0.05, 0) is 58.6 Å². The normalized spacial score (nSPS) is 18.8. The Morgan fingerprint density at radius 2 is 1.93 bits per heavy atom. The van der Waals surface area contributed by atoms with Gasteiger partial charge in [0.05, 0.1) is 12.0 Å². The SMILES string of the molecule is Cc1nc(N2CCN(C[C@@H]3CCCN(c4nc(N)n5nc(-c6ccco6)nc5n4)C3)CC2)sc1C(=O)OC(C)(C)C. The monoisotopic (exact) mass is 580 g/mol. The van der Waals surface area contributed by atoms with Crippen LogP contribution in [0.15, 0.2) is 22.8 Å². The highest BCUT2D eigenvalue weighted by atomic mass is 32.1. The molecule has 2 aliphatic heterocycles. The molecule has 41 heavy (non-hydrogen) atoms. The van der Waals surface area contributed by atoms with Crippen molar-refractivity contribution in [2.45, 2.75) is 46.1 Å². The zero-order chi connectivity index (χ0) is 28.7. The first-order valence-electron chi connectivity index (χ1n) is 14.0. The third kappa shape index (κ3) is 5.98. The second-order valence-electron chi connectivity index (χ2n) is 11.7. The summed E-state index contributed by atoms with van der Waals surface area (Å²) >= 11 is 1.43. The third-order valence-corrected chi connectivity index (χ3v) is 8.49. The molecule has 0 spiro atoms. The smallest absolute Gasteiger partial charge is 0.350 e. The van der Waals surface area contributed by atoms with Gasteiger partial charge < -0.3 is 24.7 Å². The average Bonchev–Trinajstić information content (AvgIpc) is 3.68. The van der Waals surface area contributed by atoms with Crippen molar-refractivity contribution in [1.82, 2.24) is 34.4 Å². The average molecular weight is 581 g/mol. The number of nitrogen functional groups attached to an aromatic ring is 1. The Balaban J connectivity index is 1.06. The molecule has 0 aliphatic carbocycles. The Morgan fingerprint density at radius 3 is 2.66 bits per heavy atom. The van der Waals surface area contributed by atoms with Gasteiger partial charge in [-0.2, -0.15) is 19.5 Å². The summed E-state index contributed by atoms with van der Waals surface area (Å²) in [6.07, 6.45) is 3.81. The summed E-state index contributed by atoms with van der Waals surface area (Å²) in [5.74, 6) is 2.42. The molecule has 4 aromatic heterocycles. The molecule has 2 N–H and O–H groups in total. The Bertz CT molecular complexity index is 1520. The van der Waals surface area contributed by atoms with E-state index in [2.05, 4.69) is 34.8 Å². The van der Waals surface area contributed by atoms with E-state index in [1.54, 1.807) is 18.4 Å². The first-order chi connectivity index (χ1) is 19.6. The van der Waals surface area contributed by atoms with E-state index in [1.165, 1.54) is 15.9 Å². The van der Waals surface area contributed by atoms with E-state index in [-0.39, 0.29) is 11.9 Å². The molecule has 0 bridgehead atoms. The van der Waals surface area contributed by atoms with Crippen molar-refractivity contribution in [1.29, 1.82) is 0 Å². The molecule has 2 fully saturated rings. The summed E-state index contributed by atoms with van der Waals surface area (Å²) in [5.41, 5.74) is 6.44. The van der Waals surface area contributed by atoms with Crippen molar-refractivity contribution < 1.29 is 13.9 Å². The number of hydrogen-bond acceptors (Lipinski definition) is 13. The Labute approximate surface area is 242 Å². The number of fused-ring (bicyclic) bond motifs is 1. The minimum atomic E-state index is -0.528. The number of aromatic nitrogens is 6. The van der Waals surface area contributed by atoms with Crippen LogP contribution in [0.4, 0.5) is 17.0 Å². The first kappa shape index (κ1) is 27.4. The predicted molar refractivity (Wildman–Crippen MR) is 156 cm³/mol. The maximum Gasteiger partial charge on any atom is 0.350 e. The highest BCUT2D eigenvalue weighted by Crippen LogP contribution is 2.29. The second-order valence-corrected chi connectivity index (χ2v) is 12.6. The molecule has 0 radical (unpaired) electrons. The fourth-order valence-electron chi connectivity index (χ4n) is 5.36. The first-order valence-corrected chi connectivity index (χ1v) is 14.8. The maximum atomic E-state index is 12.6. The van der Waals surface area contributed by atoms with Crippen molar-refractivity contribution in [3.8, 4) is 11.6 Å². The summed E-state index contributed by atoms with van der Waals surface area (Å²) in [4.78, 5) is 38.6. The second kappa shape index (κ2) is 10.9. The molecule has 2 saturated heterocycles. The molecule has 0 amide bonds. The van der Waals surface area contributed by atoms with Gasteiger partial charge in [-0.1, -0.05) is 11.3 Å². The number of hydrogen-bond donors (Lipinski definition) is 1. The van der Waals surface area contributed by atoms with Crippen molar-refractivity contribution in [2.75, 3.05) is 61.3 Å². The molecule has 0 aromatic carbocycles. The van der Waals surface area contributed by atoms with E-state index in [9.17, 15) is 4.79 Å². The van der Waals surface area contributed by atoms with Crippen LogP contribution in [-0.2, 0) is 4.74 Å². The molecule has 1 atom stereocenters. The van der Waals surface area contributed by atoms with Gasteiger partial charge in [0.25, 0.3) is 5.78 Å². The van der Waals surface area contributed by atoms with Crippen LogP contribution >= 0.6 is 11.3 Å². The number of piperazine rings is 1. The predicted octanol–water partition coefficient (Wildman–Crippen LogP) is 3.12. The number of piperidine rings is 1. The minimum Gasteiger partial charge on any atom is -0.461 e. The Kier molecular flexibility index (Phi) is 7.28. The number of carbonyl (C=O) groups excluding carboxylic acids is 1. The third-order valence-electron chi connectivity index (χ3n) is 7.29. The number of nitrogens with zero attached hydrogens (tertiary/aromatic N) is 9. The number of rotatable bonds is 6. The van der Waals surface area contributed by atoms with E-state index < -0.39 is 5.60 Å². The lowest BCUT2D eigenvalue weighted by atomic mass is 9.97. The molecule has 218 valence electrons. The quantitative estimate of drug-likeness (QED) is 0.335. The van der Waals surface area contributed by atoms with Gasteiger partial charge in [0.2, 0.25) is 17.7 Å². The summed E-state index contributed by atoms with van der Waals surface area (Å²) in [6.45, 7) is 13.9. The van der Waals surface area contributed by atoms with Crippen LogP contribution in [0.1, 0.15) is 49.0 Å². The zero-order valence-corrected chi connectivity index (χ0v) is 24.7. The number of esters is 1. The van der Waals surface area contributed by atoms with Crippen molar-refractivity contribution in [2.24, 2.45) is 5.92 Å². The van der Waals surface area contributed by atoms with Gasteiger partial charge in [-0.3, -0.25) is 4.90 Å². The molecule has 0 unspecified atom stereocenters. The highest BCUT2D eigenvalue weighted by Gasteiger charge is 2.29. The lowest BCUT2D eigenvalue weighted by Crippen LogP contribution is -2.49. The molecule has 2 aliphatic rings. The Hall–Kier alpha value is -3.78. The van der Waals surface area contributed by atoms with Gasteiger partial charge in [-0.15, -0.1) is 5.10 Å². The summed E-state index contributed by atoms with van der Waals surface area (Å²) in [7, 11) is 0. The molecule has 6 heterocycles. The molecule has 13 nitrogen and oxygen atoms in total. The van der Waals surface area contributed by atoms with Gasteiger partial charge in [-0.25, -0.2) is 9.78 Å². The fraction of sp³-hybridized carbons (Fsp3) is 0.556. The maximum absolute atomic E-state index is 12.6. The van der Waals surface area contributed by atoms with E-state index in [4.69, 9.17) is 19.9 Å². The molecule has 14 heteroatoms. The standard InChI is InChI=1S/C27H36N10O3S/c1-17-20(22(38)40-27(2,3)4)41-26(29-17)35-12-10-34(11-13-35)15-18-7-5-9-36(16-18)24-31-23(28)37-25(32-24)30-21(33-37)19-8-6-14-39-19/h6,8,14,18H,5,7,9-13,15-16H2,1-4H3,(H2,28,30,31,32,33)/t18-/m0/s1. The number of ether oxygens (including phenoxy) is 1. The van der Waals surface area contributed by atoms with Crippen LogP contribution in [0, 0.1) is 12.8 Å². The van der Waals surface area contributed by atoms with Crippen molar-refractivity contribution >= 4 is 40.1 Å². The van der Waals surface area contributed by atoms with Crippen LogP contribution in [0.2, 0.25) is 0 Å². The van der Waals surface area contributed by atoms with Crippen LogP contribution < -0.4 is 15.5 Å². The highest BCUT2D eigenvalue weighted by molar-refractivity contribution is 7.17. The van der Waals surface area contributed by atoms with Crippen LogP contribution in [-0.4, -0.2) is 91.8 Å². The topological polar surface area (TPSA) is 144 Å². The largest absolute Gasteiger partial charge is 0.461 e. The van der Waals surface area contributed by atoms with E-state index in [0.717, 1.165) is 69.5 Å². The number of furan rings is 1. The molecule has 4 aromatic rings. The minimum absolute atomic E-state index is 0.251. The van der Waals surface area contributed by atoms with Crippen LogP contribution in [0.3, 0.4) is 0 Å². The van der Waals surface area contributed by atoms with Crippen LogP contribution in [0.25, 0.3) is 17.4 Å². The summed E-state index contributed by atoms with van der Waals surface area (Å²) in [5, 5.41) is 5.29. The van der Waals surface area contributed by atoms with Gasteiger partial charge in [0.1, 0.15) is 10.5 Å². The van der Waals surface area contributed by atoms with E-state index in [1.807, 2.05) is 27.7 Å². The lowest BCUT2D eigenvalue weighted by molar-refractivity contribution is 0.00742. The molecular weight excluding hydrogens is 544 g/mol. The van der Waals surface area contributed by atoms with Crippen molar-refractivity contribution in [3.63, 3.8) is 0 Å². The number of nitrogens with two attached hydrogens (primary N) is 1. The summed E-state index contributed by atoms with van der Waals surface area (Å²) in [6, 6.07) is 3.59. The van der Waals surface area contributed by atoms with Crippen LogP contribution in [0.5, 0.6) is 0 Å². The molecule has 6 rings (SSSR count). The number of anilines is 3. The van der Waals surface area contributed by atoms with Gasteiger partial charge >= 0.3 is 5.97 Å². The lowest BCUT2D eigenvalue weighted by Gasteiger charge is -2.39. The number of thiazole rings is 1. The number of carbonyl (C=O) groups is 1. The van der Waals surface area contributed by atoms with E-state index >= 15 is 0 Å². The molecular formula is C27H36N10O3S. The van der Waals surface area contributed by atoms with E-state index in [0.29, 0.717) is 34.1 Å². The fourth-order valence-corrected chi connectivity index (χ4v) is 6.35. The zero-order valence-electron chi connectivity index (χ0n) is 23.9. The van der Waals surface area contributed by atoms with Crippen molar-refractivity contribution in [3.05, 3.63) is 29.0 Å². The Morgan fingerprint density at radius 1 is 1.12 bits per heavy atom. The number of aryl methyl sites for hydroxylation is 1. The van der Waals surface area contributed by atoms with Gasteiger partial charge in [0.15, 0.2) is 10.9 Å².